The van der Waals surface area contributed by atoms with Crippen molar-refractivity contribution in [3.05, 3.63) is 29.8 Å². The molecule has 0 heterocycles. The molecule has 0 aliphatic heterocycles. The molecule has 1 atom stereocenters. The van der Waals surface area contributed by atoms with E-state index in [9.17, 15) is 8.78 Å². The largest absolute Gasteiger partial charge is 0.300 e. The third-order valence-electron chi connectivity index (χ3n) is 2.31. The van der Waals surface area contributed by atoms with Crippen LogP contribution in [0.3, 0.4) is 0 Å². The second-order valence-electron chi connectivity index (χ2n) is 3.31. The first-order valence-corrected chi connectivity index (χ1v) is 4.99. The Morgan fingerprint density at radius 1 is 1.21 bits per heavy atom. The maximum Gasteiger partial charge on any atom is 0.219 e. The summed E-state index contributed by atoms with van der Waals surface area (Å²) < 4.78 is 26.3. The number of benzene rings is 1. The molecule has 0 bridgehead atoms. The van der Waals surface area contributed by atoms with Crippen LogP contribution < -0.4 is 4.90 Å². The second-order valence-corrected chi connectivity index (χ2v) is 3.31. The van der Waals surface area contributed by atoms with E-state index in [1.807, 2.05) is 13.8 Å². The predicted molar refractivity (Wildman–Crippen MR) is 52.7 cm³/mol. The molecule has 0 aliphatic rings. The van der Waals surface area contributed by atoms with E-state index in [0.717, 1.165) is 30.5 Å². The van der Waals surface area contributed by atoms with Gasteiger partial charge >= 0.3 is 0 Å². The summed E-state index contributed by atoms with van der Waals surface area (Å²) in [4.78, 5) is 0.990. The zero-order chi connectivity index (χ0) is 10.6. The van der Waals surface area contributed by atoms with Gasteiger partial charge in [-0.25, -0.2) is 4.39 Å². The van der Waals surface area contributed by atoms with Gasteiger partial charge in [0, 0.05) is 6.07 Å². The Hall–Kier alpha value is -0.960. The molecular formula is C11H16F2N+. The van der Waals surface area contributed by atoms with E-state index < -0.39 is 11.6 Å². The van der Waals surface area contributed by atoms with Gasteiger partial charge in [0.25, 0.3) is 0 Å². The van der Waals surface area contributed by atoms with Crippen LogP contribution in [0.2, 0.25) is 0 Å². The lowest BCUT2D eigenvalue weighted by Crippen LogP contribution is -3.07. The van der Waals surface area contributed by atoms with Crippen LogP contribution in [-0.4, -0.2) is 13.1 Å². The Bertz CT molecular complexity index is 299. The van der Waals surface area contributed by atoms with Crippen molar-refractivity contribution in [1.82, 2.24) is 0 Å². The SMILES string of the molecule is CCC[NH+](CC)c1cccc(F)c1F. The monoisotopic (exact) mass is 200 g/mol. The Balaban J connectivity index is 2.97. The van der Waals surface area contributed by atoms with Crippen molar-refractivity contribution >= 4 is 5.69 Å². The lowest BCUT2D eigenvalue weighted by Gasteiger charge is -2.16. The molecule has 0 aliphatic carbocycles. The summed E-state index contributed by atoms with van der Waals surface area (Å²) in [6, 6.07) is 4.35. The molecule has 0 fully saturated rings. The number of quaternary nitrogens is 1. The number of rotatable bonds is 4. The first-order chi connectivity index (χ1) is 6.70. The van der Waals surface area contributed by atoms with Crippen molar-refractivity contribution < 1.29 is 13.7 Å². The van der Waals surface area contributed by atoms with Crippen LogP contribution in [0.1, 0.15) is 20.3 Å². The molecule has 1 N–H and O–H groups in total. The molecular weight excluding hydrogens is 184 g/mol. The van der Waals surface area contributed by atoms with E-state index in [1.165, 1.54) is 0 Å². The molecule has 1 aromatic carbocycles. The average Bonchev–Trinajstić information content (AvgIpc) is 2.19. The molecule has 78 valence electrons. The standard InChI is InChI=1S/C11H15F2N/c1-3-8-14(4-2)10-7-5-6-9(12)11(10)13/h5-7H,3-4,8H2,1-2H3/p+1. The molecule has 1 unspecified atom stereocenters. The Labute approximate surface area is 83.3 Å². The maximum absolute atomic E-state index is 13.4. The van der Waals surface area contributed by atoms with Crippen LogP contribution in [0.25, 0.3) is 0 Å². The van der Waals surface area contributed by atoms with E-state index in [1.54, 1.807) is 12.1 Å². The van der Waals surface area contributed by atoms with Gasteiger partial charge in [0.05, 0.1) is 13.1 Å². The highest BCUT2D eigenvalue weighted by molar-refractivity contribution is 5.31. The maximum atomic E-state index is 13.4. The van der Waals surface area contributed by atoms with Crippen molar-refractivity contribution in [3.8, 4) is 0 Å². The molecule has 0 amide bonds. The fourth-order valence-corrected chi connectivity index (χ4v) is 1.58. The second kappa shape index (κ2) is 5.05. The van der Waals surface area contributed by atoms with Gasteiger partial charge in [0.2, 0.25) is 5.82 Å². The van der Waals surface area contributed by atoms with Gasteiger partial charge in [-0.2, -0.15) is 4.39 Å². The minimum absolute atomic E-state index is 0.439. The van der Waals surface area contributed by atoms with Crippen LogP contribution in [0.4, 0.5) is 14.5 Å². The third kappa shape index (κ3) is 2.29. The lowest BCUT2D eigenvalue weighted by atomic mass is 10.2. The summed E-state index contributed by atoms with van der Waals surface area (Å²) in [6.07, 6.45) is 0.957. The van der Waals surface area contributed by atoms with Gasteiger partial charge in [-0.3, -0.25) is 0 Å². The molecule has 3 heteroatoms. The van der Waals surface area contributed by atoms with Gasteiger partial charge in [-0.15, -0.1) is 0 Å². The van der Waals surface area contributed by atoms with Gasteiger partial charge in [-0.1, -0.05) is 13.0 Å². The van der Waals surface area contributed by atoms with Crippen molar-refractivity contribution in [1.29, 1.82) is 0 Å². The lowest BCUT2D eigenvalue weighted by molar-refractivity contribution is -0.831. The summed E-state index contributed by atoms with van der Waals surface area (Å²) in [5.41, 5.74) is 0.439. The van der Waals surface area contributed by atoms with Crippen molar-refractivity contribution in [3.63, 3.8) is 0 Å². The smallest absolute Gasteiger partial charge is 0.219 e. The number of hydrogen-bond acceptors (Lipinski definition) is 0. The zero-order valence-electron chi connectivity index (χ0n) is 8.61. The normalized spacial score (nSPS) is 12.9. The zero-order valence-corrected chi connectivity index (χ0v) is 8.61. The number of hydrogen-bond donors (Lipinski definition) is 1. The third-order valence-corrected chi connectivity index (χ3v) is 2.31. The van der Waals surface area contributed by atoms with E-state index in [4.69, 9.17) is 0 Å². The first-order valence-electron chi connectivity index (χ1n) is 4.99. The van der Waals surface area contributed by atoms with Crippen LogP contribution >= 0.6 is 0 Å². The minimum atomic E-state index is -0.760. The fourth-order valence-electron chi connectivity index (χ4n) is 1.58. The van der Waals surface area contributed by atoms with Gasteiger partial charge in [-0.05, 0) is 19.4 Å². The molecule has 1 rings (SSSR count). The molecule has 1 aromatic rings. The number of nitrogens with one attached hydrogen (secondary N) is 1. The average molecular weight is 200 g/mol. The molecule has 0 radical (unpaired) electrons. The summed E-state index contributed by atoms with van der Waals surface area (Å²) >= 11 is 0. The van der Waals surface area contributed by atoms with E-state index in [0.29, 0.717) is 5.69 Å². The molecule has 0 spiro atoms. The van der Waals surface area contributed by atoms with E-state index >= 15 is 0 Å². The fraction of sp³-hybridized carbons (Fsp3) is 0.455. The van der Waals surface area contributed by atoms with Gasteiger partial charge < -0.3 is 4.90 Å². The minimum Gasteiger partial charge on any atom is -0.300 e. The Kier molecular flexibility index (Phi) is 4.01. The molecule has 0 aromatic heterocycles. The molecule has 1 nitrogen and oxygen atoms in total. The topological polar surface area (TPSA) is 4.44 Å². The van der Waals surface area contributed by atoms with Crippen molar-refractivity contribution in [2.75, 3.05) is 13.1 Å². The molecule has 0 saturated heterocycles. The van der Waals surface area contributed by atoms with Gasteiger partial charge in [0.15, 0.2) is 11.5 Å². The molecule has 0 saturated carbocycles. The van der Waals surface area contributed by atoms with E-state index in [-0.39, 0.29) is 0 Å². The highest BCUT2D eigenvalue weighted by Gasteiger charge is 2.17. The summed E-state index contributed by atoms with van der Waals surface area (Å²) in [7, 11) is 0. The van der Waals surface area contributed by atoms with Crippen LogP contribution in [-0.2, 0) is 0 Å². The summed E-state index contributed by atoms with van der Waals surface area (Å²) in [6.45, 7) is 5.60. The first kappa shape index (κ1) is 11.1. The predicted octanol–water partition coefficient (Wildman–Crippen LogP) is 1.91. The highest BCUT2D eigenvalue weighted by Crippen LogP contribution is 2.12. The van der Waals surface area contributed by atoms with E-state index in [2.05, 4.69) is 0 Å². The quantitative estimate of drug-likeness (QED) is 0.757. The molecule has 14 heavy (non-hydrogen) atoms. The van der Waals surface area contributed by atoms with Crippen LogP contribution in [0.5, 0.6) is 0 Å². The Morgan fingerprint density at radius 3 is 2.50 bits per heavy atom. The van der Waals surface area contributed by atoms with Crippen LogP contribution in [0, 0.1) is 11.6 Å². The van der Waals surface area contributed by atoms with Crippen molar-refractivity contribution in [2.45, 2.75) is 20.3 Å². The number of halogens is 2. The summed E-state index contributed by atoms with van der Waals surface area (Å²) in [5, 5.41) is 0. The summed E-state index contributed by atoms with van der Waals surface area (Å²) in [5.74, 6) is -1.47. The Morgan fingerprint density at radius 2 is 1.93 bits per heavy atom. The van der Waals surface area contributed by atoms with Gasteiger partial charge in [0.1, 0.15) is 0 Å². The van der Waals surface area contributed by atoms with Crippen molar-refractivity contribution in [2.24, 2.45) is 0 Å². The van der Waals surface area contributed by atoms with Crippen LogP contribution in [0.15, 0.2) is 18.2 Å². The highest BCUT2D eigenvalue weighted by atomic mass is 19.2.